The maximum Gasteiger partial charge on any atom is 0.162 e. The van der Waals surface area contributed by atoms with Gasteiger partial charge in [0, 0.05) is 28.6 Å². The van der Waals surface area contributed by atoms with Crippen LogP contribution in [-0.2, 0) is 0 Å². The fraction of sp³-hybridized carbons (Fsp3) is 0. The quantitative estimate of drug-likeness (QED) is 0.425. The van der Waals surface area contributed by atoms with Gasteiger partial charge >= 0.3 is 0 Å². The molecular formula is C14H8N2O. The predicted molar refractivity (Wildman–Crippen MR) is 66.8 cm³/mol. The molecule has 17 heavy (non-hydrogen) atoms. The average Bonchev–Trinajstić information content (AvgIpc) is 2.89. The van der Waals surface area contributed by atoms with Crippen molar-refractivity contribution in [3.8, 4) is 0 Å². The van der Waals surface area contributed by atoms with Crippen LogP contribution in [0.4, 0.5) is 0 Å². The van der Waals surface area contributed by atoms with Crippen LogP contribution < -0.4 is 0 Å². The van der Waals surface area contributed by atoms with E-state index in [1.54, 1.807) is 12.5 Å². The molecule has 0 atom stereocenters. The number of rotatable bonds is 0. The van der Waals surface area contributed by atoms with E-state index in [9.17, 15) is 0 Å². The topological polar surface area (TPSA) is 38.9 Å². The number of hydrogen-bond acceptors (Lipinski definition) is 3. The Bertz CT molecular complexity index is 779. The minimum absolute atomic E-state index is 0.804. The van der Waals surface area contributed by atoms with Crippen LogP contribution in [0.2, 0.25) is 0 Å². The molecule has 2 heterocycles. The molecule has 0 saturated heterocycles. The summed E-state index contributed by atoms with van der Waals surface area (Å²) in [6.07, 6.45) is 6.98. The SMILES string of the molecule is c1ccc2c(c1)c1cncc1c1occnc21. The zero-order valence-electron chi connectivity index (χ0n) is 8.92. The monoisotopic (exact) mass is 220 g/mol. The largest absolute Gasteiger partial charge is 0.460 e. The number of benzene rings is 2. The molecule has 2 aromatic heterocycles. The van der Waals surface area contributed by atoms with Crippen LogP contribution >= 0.6 is 0 Å². The highest BCUT2D eigenvalue weighted by atomic mass is 16.3. The highest BCUT2D eigenvalue weighted by Gasteiger charge is 2.10. The van der Waals surface area contributed by atoms with Crippen LogP contribution in [0.25, 0.3) is 32.6 Å². The van der Waals surface area contributed by atoms with Crippen molar-refractivity contribution >= 4 is 32.6 Å². The van der Waals surface area contributed by atoms with Gasteiger partial charge in [0.2, 0.25) is 0 Å². The molecule has 0 aliphatic heterocycles. The summed E-state index contributed by atoms with van der Waals surface area (Å²) in [5.41, 5.74) is 1.70. The first kappa shape index (κ1) is 8.70. The smallest absolute Gasteiger partial charge is 0.162 e. The summed E-state index contributed by atoms with van der Waals surface area (Å²) in [6, 6.07) is 8.19. The molecule has 0 amide bonds. The van der Waals surface area contributed by atoms with Crippen molar-refractivity contribution < 1.29 is 4.42 Å². The fourth-order valence-electron chi connectivity index (χ4n) is 2.35. The maximum atomic E-state index is 5.59. The van der Waals surface area contributed by atoms with Crippen LogP contribution in [0, 0.1) is 0 Å². The van der Waals surface area contributed by atoms with Crippen molar-refractivity contribution in [1.82, 2.24) is 9.97 Å². The van der Waals surface area contributed by atoms with Crippen LogP contribution in [-0.4, -0.2) is 9.97 Å². The first-order valence-corrected chi connectivity index (χ1v) is 5.43. The molecular weight excluding hydrogens is 212 g/mol. The lowest BCUT2D eigenvalue weighted by Gasteiger charge is -2.04. The second-order valence-corrected chi connectivity index (χ2v) is 3.99. The minimum atomic E-state index is 0.804. The van der Waals surface area contributed by atoms with Crippen molar-refractivity contribution in [2.24, 2.45) is 0 Å². The number of aromatic nitrogens is 2. The Morgan fingerprint density at radius 2 is 1.71 bits per heavy atom. The van der Waals surface area contributed by atoms with E-state index >= 15 is 0 Å². The first-order valence-electron chi connectivity index (χ1n) is 5.43. The molecule has 0 N–H and O–H groups in total. The third-order valence-corrected chi connectivity index (χ3v) is 3.08. The molecule has 0 aliphatic carbocycles. The molecule has 0 saturated carbocycles. The molecule has 0 radical (unpaired) electrons. The van der Waals surface area contributed by atoms with Gasteiger partial charge in [-0.25, -0.2) is 4.98 Å². The van der Waals surface area contributed by atoms with E-state index in [2.05, 4.69) is 22.1 Å². The normalized spacial score (nSPS) is 11.5. The van der Waals surface area contributed by atoms with Gasteiger partial charge in [0.05, 0.1) is 6.20 Å². The van der Waals surface area contributed by atoms with Gasteiger partial charge in [0.25, 0.3) is 0 Å². The van der Waals surface area contributed by atoms with Crippen LogP contribution in [0.1, 0.15) is 0 Å². The lowest BCUT2D eigenvalue weighted by Crippen LogP contribution is -1.82. The van der Waals surface area contributed by atoms with Gasteiger partial charge < -0.3 is 4.42 Å². The Kier molecular flexibility index (Phi) is 1.56. The Balaban J connectivity index is 2.48. The van der Waals surface area contributed by atoms with Gasteiger partial charge in [-0.2, -0.15) is 0 Å². The highest BCUT2D eigenvalue weighted by molar-refractivity contribution is 6.22. The second-order valence-electron chi connectivity index (χ2n) is 3.99. The Morgan fingerprint density at radius 3 is 2.65 bits per heavy atom. The van der Waals surface area contributed by atoms with Gasteiger partial charge in [-0.05, 0) is 5.39 Å². The van der Waals surface area contributed by atoms with Gasteiger partial charge in [-0.3, -0.25) is 4.98 Å². The standard InChI is InChI=1S/C14H8N2O/c1-2-4-10-9(3-1)11-7-15-8-12(11)14-13(10)16-5-6-17-14/h1-8H. The summed E-state index contributed by atoms with van der Waals surface area (Å²) in [5, 5.41) is 4.41. The summed E-state index contributed by atoms with van der Waals surface area (Å²) in [7, 11) is 0. The molecule has 0 aliphatic rings. The third kappa shape index (κ3) is 1.05. The number of hydrogen-bond donors (Lipinski definition) is 0. The fourth-order valence-corrected chi connectivity index (χ4v) is 2.35. The molecule has 0 unspecified atom stereocenters. The Morgan fingerprint density at radius 1 is 0.882 bits per heavy atom. The minimum Gasteiger partial charge on any atom is -0.460 e. The van der Waals surface area contributed by atoms with Gasteiger partial charge in [-0.1, -0.05) is 24.3 Å². The van der Waals surface area contributed by atoms with E-state index in [1.807, 2.05) is 24.5 Å². The van der Waals surface area contributed by atoms with Gasteiger partial charge in [0.15, 0.2) is 5.58 Å². The van der Waals surface area contributed by atoms with Crippen molar-refractivity contribution in [1.29, 1.82) is 0 Å². The molecule has 0 spiro atoms. The van der Waals surface area contributed by atoms with Crippen molar-refractivity contribution in [3.63, 3.8) is 0 Å². The molecule has 3 heteroatoms. The summed E-state index contributed by atoms with van der Waals surface area (Å²) >= 11 is 0. The molecule has 0 fully saturated rings. The van der Waals surface area contributed by atoms with Crippen LogP contribution in [0.3, 0.4) is 0 Å². The summed E-state index contributed by atoms with van der Waals surface area (Å²) in [4.78, 5) is 8.63. The molecule has 4 aromatic rings. The maximum absolute atomic E-state index is 5.59. The lowest BCUT2D eigenvalue weighted by atomic mass is 10.0. The third-order valence-electron chi connectivity index (χ3n) is 3.08. The van der Waals surface area contributed by atoms with Gasteiger partial charge in [0.1, 0.15) is 11.8 Å². The Hall–Kier alpha value is -2.42. The van der Waals surface area contributed by atoms with Crippen molar-refractivity contribution in [3.05, 3.63) is 49.1 Å². The van der Waals surface area contributed by atoms with Gasteiger partial charge in [-0.15, -0.1) is 0 Å². The molecule has 2 aromatic carbocycles. The Labute approximate surface area is 96.7 Å². The lowest BCUT2D eigenvalue weighted by molar-refractivity contribution is 0.602. The zero-order chi connectivity index (χ0) is 11.2. The van der Waals surface area contributed by atoms with E-state index in [0.717, 1.165) is 27.3 Å². The first-order chi connectivity index (χ1) is 8.45. The summed E-state index contributed by atoms with van der Waals surface area (Å²) in [5.74, 6) is 0. The van der Waals surface area contributed by atoms with E-state index in [1.165, 1.54) is 5.39 Å². The predicted octanol–water partition coefficient (Wildman–Crippen LogP) is 3.53. The van der Waals surface area contributed by atoms with Crippen molar-refractivity contribution in [2.45, 2.75) is 0 Å². The number of nitrogens with zero attached hydrogens (tertiary/aromatic N) is 2. The number of fused-ring (bicyclic) bond motifs is 6. The molecule has 3 nitrogen and oxygen atoms in total. The van der Waals surface area contributed by atoms with E-state index < -0.39 is 0 Å². The van der Waals surface area contributed by atoms with E-state index in [4.69, 9.17) is 4.42 Å². The zero-order valence-corrected chi connectivity index (χ0v) is 8.92. The van der Waals surface area contributed by atoms with Crippen molar-refractivity contribution in [2.75, 3.05) is 0 Å². The van der Waals surface area contributed by atoms with E-state index in [-0.39, 0.29) is 0 Å². The van der Waals surface area contributed by atoms with E-state index in [0.29, 0.717) is 0 Å². The molecule has 0 bridgehead atoms. The molecule has 80 valence electrons. The summed E-state index contributed by atoms with van der Waals surface area (Å²) < 4.78 is 5.59. The summed E-state index contributed by atoms with van der Waals surface area (Å²) in [6.45, 7) is 0. The highest BCUT2D eigenvalue weighted by Crippen LogP contribution is 2.33. The van der Waals surface area contributed by atoms with Crippen LogP contribution in [0.15, 0.2) is 53.5 Å². The second kappa shape index (κ2) is 3.04. The molecule has 4 rings (SSSR count). The average molecular weight is 220 g/mol. The van der Waals surface area contributed by atoms with Crippen LogP contribution in [0.5, 0.6) is 0 Å².